The topological polar surface area (TPSA) is 46.5 Å². The number of aliphatic carboxylic acids is 1. The Hall–Kier alpha value is -2.76. The zero-order chi connectivity index (χ0) is 15.4. The molecular weight excluding hydrogens is 285 g/mol. The third kappa shape index (κ3) is 3.62. The van der Waals surface area contributed by atoms with Crippen LogP contribution >= 0.6 is 0 Å². The number of para-hydroxylation sites is 1. The number of hydrogen-bond donors (Lipinski definition) is 1. The van der Waals surface area contributed by atoms with Crippen LogP contribution in [0.4, 0.5) is 13.2 Å². The molecule has 108 valence electrons. The Kier molecular flexibility index (Phi) is 4.27. The predicted octanol–water partition coefficient (Wildman–Crippen LogP) is 3.99. The first-order valence-electron chi connectivity index (χ1n) is 5.80. The smallest absolute Gasteiger partial charge is 0.328 e. The van der Waals surface area contributed by atoms with Crippen LogP contribution in [-0.4, -0.2) is 11.1 Å². The van der Waals surface area contributed by atoms with Crippen LogP contribution in [0.3, 0.4) is 0 Å². The van der Waals surface area contributed by atoms with Crippen molar-refractivity contribution in [2.24, 2.45) is 0 Å². The molecule has 0 spiro atoms. The van der Waals surface area contributed by atoms with E-state index in [1.807, 2.05) is 0 Å². The quantitative estimate of drug-likeness (QED) is 0.867. The normalized spacial score (nSPS) is 10.8. The average Bonchev–Trinajstić information content (AvgIpc) is 2.42. The molecule has 0 bridgehead atoms. The van der Waals surface area contributed by atoms with E-state index in [0.717, 1.165) is 30.4 Å². The number of carbonyl (C=O) groups is 1. The van der Waals surface area contributed by atoms with E-state index < -0.39 is 23.4 Å². The van der Waals surface area contributed by atoms with Crippen LogP contribution in [0.1, 0.15) is 5.56 Å². The summed E-state index contributed by atoms with van der Waals surface area (Å²) in [5.74, 6) is -4.53. The van der Waals surface area contributed by atoms with Crippen molar-refractivity contribution in [1.29, 1.82) is 0 Å². The second-order valence-electron chi connectivity index (χ2n) is 4.01. The molecule has 3 nitrogen and oxygen atoms in total. The lowest BCUT2D eigenvalue weighted by atomic mass is 10.1. The molecule has 0 fully saturated rings. The Labute approximate surface area is 117 Å². The summed E-state index contributed by atoms with van der Waals surface area (Å²) >= 11 is 0. The summed E-state index contributed by atoms with van der Waals surface area (Å²) in [6.45, 7) is 0. The van der Waals surface area contributed by atoms with Gasteiger partial charge in [0.1, 0.15) is 5.82 Å². The third-order valence-corrected chi connectivity index (χ3v) is 2.51. The van der Waals surface area contributed by atoms with Crippen molar-refractivity contribution in [1.82, 2.24) is 0 Å². The molecule has 0 saturated heterocycles. The molecule has 2 rings (SSSR count). The highest BCUT2D eigenvalue weighted by Gasteiger charge is 2.13. The summed E-state index contributed by atoms with van der Waals surface area (Å²) in [5, 5.41) is 8.58. The summed E-state index contributed by atoms with van der Waals surface area (Å²) in [7, 11) is 0. The molecule has 0 amide bonds. The molecule has 0 radical (unpaired) electrons. The largest absolute Gasteiger partial charge is 0.478 e. The average molecular weight is 294 g/mol. The molecule has 1 N–H and O–H groups in total. The fourth-order valence-corrected chi connectivity index (χ4v) is 1.59. The van der Waals surface area contributed by atoms with Gasteiger partial charge in [0, 0.05) is 17.7 Å². The highest BCUT2D eigenvalue weighted by Crippen LogP contribution is 2.31. The Morgan fingerprint density at radius 3 is 2.52 bits per heavy atom. The van der Waals surface area contributed by atoms with Crippen LogP contribution < -0.4 is 4.74 Å². The SMILES string of the molecule is O=C(O)/C=C/c1cccc(F)c1Oc1ccc(F)cc1F. The van der Waals surface area contributed by atoms with E-state index >= 15 is 0 Å². The molecule has 0 atom stereocenters. The maximum Gasteiger partial charge on any atom is 0.328 e. The van der Waals surface area contributed by atoms with Crippen LogP contribution in [0, 0.1) is 17.5 Å². The van der Waals surface area contributed by atoms with Gasteiger partial charge < -0.3 is 9.84 Å². The van der Waals surface area contributed by atoms with Gasteiger partial charge in [-0.2, -0.15) is 0 Å². The highest BCUT2D eigenvalue weighted by atomic mass is 19.1. The van der Waals surface area contributed by atoms with E-state index in [0.29, 0.717) is 6.07 Å². The van der Waals surface area contributed by atoms with Gasteiger partial charge in [0.25, 0.3) is 0 Å². The number of carboxylic acid groups (broad SMARTS) is 1. The van der Waals surface area contributed by atoms with Gasteiger partial charge in [-0.1, -0.05) is 12.1 Å². The van der Waals surface area contributed by atoms with Gasteiger partial charge in [-0.15, -0.1) is 0 Å². The van der Waals surface area contributed by atoms with Crippen LogP contribution in [0.15, 0.2) is 42.5 Å². The van der Waals surface area contributed by atoms with E-state index in [2.05, 4.69) is 0 Å². The molecule has 0 unspecified atom stereocenters. The summed E-state index contributed by atoms with van der Waals surface area (Å²) in [5.41, 5.74) is 0.112. The fraction of sp³-hybridized carbons (Fsp3) is 0. The molecule has 0 saturated carbocycles. The van der Waals surface area contributed by atoms with E-state index in [-0.39, 0.29) is 17.1 Å². The number of benzene rings is 2. The number of carboxylic acids is 1. The molecule has 0 aromatic heterocycles. The van der Waals surface area contributed by atoms with E-state index in [4.69, 9.17) is 9.84 Å². The van der Waals surface area contributed by atoms with Crippen molar-refractivity contribution in [2.45, 2.75) is 0 Å². The van der Waals surface area contributed by atoms with E-state index in [9.17, 15) is 18.0 Å². The maximum atomic E-state index is 13.8. The first-order chi connectivity index (χ1) is 9.97. The molecule has 0 aliphatic rings. The van der Waals surface area contributed by atoms with Crippen molar-refractivity contribution in [3.05, 3.63) is 65.5 Å². The summed E-state index contributed by atoms with van der Waals surface area (Å²) in [6, 6.07) is 6.41. The van der Waals surface area contributed by atoms with Gasteiger partial charge in [-0.25, -0.2) is 18.0 Å². The second kappa shape index (κ2) is 6.13. The van der Waals surface area contributed by atoms with Crippen LogP contribution in [-0.2, 0) is 4.79 Å². The van der Waals surface area contributed by atoms with Gasteiger partial charge in [0.05, 0.1) is 0 Å². The molecular formula is C15H9F3O3. The third-order valence-electron chi connectivity index (χ3n) is 2.51. The van der Waals surface area contributed by atoms with Crippen molar-refractivity contribution in [3.63, 3.8) is 0 Å². The minimum absolute atomic E-state index is 0.112. The van der Waals surface area contributed by atoms with Gasteiger partial charge >= 0.3 is 5.97 Å². The molecule has 0 aliphatic heterocycles. The number of hydrogen-bond acceptors (Lipinski definition) is 2. The minimum atomic E-state index is -1.22. The van der Waals surface area contributed by atoms with Crippen LogP contribution in [0.2, 0.25) is 0 Å². The Morgan fingerprint density at radius 1 is 1.10 bits per heavy atom. The Balaban J connectivity index is 2.41. The Morgan fingerprint density at radius 2 is 1.86 bits per heavy atom. The second-order valence-corrected chi connectivity index (χ2v) is 4.01. The first kappa shape index (κ1) is 14.6. The fourth-order valence-electron chi connectivity index (χ4n) is 1.59. The van der Waals surface area contributed by atoms with Gasteiger partial charge in [0.2, 0.25) is 0 Å². The maximum absolute atomic E-state index is 13.8. The predicted molar refractivity (Wildman–Crippen MR) is 69.5 cm³/mol. The molecule has 6 heteroatoms. The lowest BCUT2D eigenvalue weighted by Gasteiger charge is -2.10. The number of halogens is 3. The number of rotatable bonds is 4. The lowest BCUT2D eigenvalue weighted by Crippen LogP contribution is -1.95. The molecule has 21 heavy (non-hydrogen) atoms. The molecule has 0 aliphatic carbocycles. The summed E-state index contributed by atoms with van der Waals surface area (Å²) in [4.78, 5) is 10.5. The molecule has 0 heterocycles. The zero-order valence-corrected chi connectivity index (χ0v) is 10.5. The van der Waals surface area contributed by atoms with E-state index in [1.54, 1.807) is 0 Å². The molecule has 2 aromatic carbocycles. The number of ether oxygens (including phenoxy) is 1. The van der Waals surface area contributed by atoms with Crippen molar-refractivity contribution < 1.29 is 27.8 Å². The van der Waals surface area contributed by atoms with Crippen molar-refractivity contribution in [2.75, 3.05) is 0 Å². The van der Waals surface area contributed by atoms with Crippen molar-refractivity contribution in [3.8, 4) is 11.5 Å². The van der Waals surface area contributed by atoms with Crippen molar-refractivity contribution >= 4 is 12.0 Å². The monoisotopic (exact) mass is 294 g/mol. The standard InChI is InChI=1S/C15H9F3O3/c16-10-5-6-13(12(18)8-10)21-15-9(4-7-14(19)20)2-1-3-11(15)17/h1-8H,(H,19,20)/b7-4+. The van der Waals surface area contributed by atoms with Gasteiger partial charge in [-0.3, -0.25) is 0 Å². The van der Waals surface area contributed by atoms with E-state index in [1.165, 1.54) is 12.1 Å². The highest BCUT2D eigenvalue weighted by molar-refractivity contribution is 5.85. The summed E-state index contributed by atoms with van der Waals surface area (Å²) < 4.78 is 45.2. The summed E-state index contributed by atoms with van der Waals surface area (Å²) in [6.07, 6.45) is 1.91. The van der Waals surface area contributed by atoms with Gasteiger partial charge in [0.15, 0.2) is 23.1 Å². The first-order valence-corrected chi connectivity index (χ1v) is 5.80. The Bertz CT molecular complexity index is 711. The minimum Gasteiger partial charge on any atom is -0.478 e. The molecule has 2 aromatic rings. The van der Waals surface area contributed by atoms with Crippen LogP contribution in [0.5, 0.6) is 11.5 Å². The lowest BCUT2D eigenvalue weighted by molar-refractivity contribution is -0.131. The van der Waals surface area contributed by atoms with Crippen LogP contribution in [0.25, 0.3) is 6.08 Å². The van der Waals surface area contributed by atoms with Gasteiger partial charge in [-0.05, 0) is 24.3 Å². The zero-order valence-electron chi connectivity index (χ0n) is 10.5.